The van der Waals surface area contributed by atoms with Crippen LogP contribution in [-0.4, -0.2) is 10.9 Å². The highest BCUT2D eigenvalue weighted by atomic mass is 19.1. The third-order valence-corrected chi connectivity index (χ3v) is 1.41. The molecule has 5 heteroatoms. The number of aromatic nitrogens is 1. The minimum absolute atomic E-state index is 0.277. The Balaban J connectivity index is 2.99. The van der Waals surface area contributed by atoms with Crippen molar-refractivity contribution in [3.8, 4) is 6.07 Å². The number of halogens is 1. The van der Waals surface area contributed by atoms with E-state index in [1.165, 1.54) is 12.3 Å². The molecule has 1 heterocycles. The summed E-state index contributed by atoms with van der Waals surface area (Å²) in [6, 6.07) is 2.69. The van der Waals surface area contributed by atoms with Crippen LogP contribution in [0.5, 0.6) is 0 Å². The first kappa shape index (κ1) is 9.86. The molecule has 0 saturated heterocycles. The molecule has 4 nitrogen and oxygen atoms in total. The average Bonchev–Trinajstić information content (AvgIpc) is 2.15. The maximum Gasteiger partial charge on any atom is 0.241 e. The van der Waals surface area contributed by atoms with Crippen LogP contribution in [0.2, 0.25) is 0 Å². The van der Waals surface area contributed by atoms with Gasteiger partial charge in [-0.1, -0.05) is 0 Å². The first-order valence-corrected chi connectivity index (χ1v) is 3.66. The molecule has 0 aliphatic heterocycles. The zero-order valence-electron chi connectivity index (χ0n) is 7.07. The van der Waals surface area contributed by atoms with Gasteiger partial charge in [-0.2, -0.15) is 5.26 Å². The Hall–Kier alpha value is -2.22. The van der Waals surface area contributed by atoms with E-state index in [0.29, 0.717) is 5.56 Å². The average molecular weight is 191 g/mol. The monoisotopic (exact) mass is 191 g/mol. The summed E-state index contributed by atoms with van der Waals surface area (Å²) >= 11 is 0. The number of amides is 1. The van der Waals surface area contributed by atoms with Crippen molar-refractivity contribution < 1.29 is 9.18 Å². The molecule has 1 aromatic rings. The fourth-order valence-electron chi connectivity index (χ4n) is 0.804. The largest absolute Gasteiger partial charge is 0.366 e. The van der Waals surface area contributed by atoms with E-state index in [-0.39, 0.29) is 5.69 Å². The summed E-state index contributed by atoms with van der Waals surface area (Å²) in [6.45, 7) is 0. The normalized spacial score (nSPS) is 10.0. The zero-order chi connectivity index (χ0) is 10.6. The van der Waals surface area contributed by atoms with Crippen molar-refractivity contribution in [1.82, 2.24) is 4.98 Å². The number of carbonyl (C=O) groups excluding carboxylic acids is 1. The van der Waals surface area contributed by atoms with E-state index in [4.69, 9.17) is 11.0 Å². The summed E-state index contributed by atoms with van der Waals surface area (Å²) < 4.78 is 12.9. The van der Waals surface area contributed by atoms with Crippen molar-refractivity contribution in [2.45, 2.75) is 0 Å². The molecule has 14 heavy (non-hydrogen) atoms. The standard InChI is InChI=1S/C9H6FN3O/c10-7-3-6(1-2-9(12)14)5-13-8(7)4-11/h1-3,5H,(H2,12,14). The molecule has 2 N–H and O–H groups in total. The molecule has 0 atom stereocenters. The van der Waals surface area contributed by atoms with Crippen LogP contribution in [0.3, 0.4) is 0 Å². The molecule has 0 fully saturated rings. The van der Waals surface area contributed by atoms with Crippen molar-refractivity contribution in [1.29, 1.82) is 5.26 Å². The van der Waals surface area contributed by atoms with Crippen LogP contribution >= 0.6 is 0 Å². The summed E-state index contributed by atoms with van der Waals surface area (Å²) in [5, 5.41) is 8.38. The van der Waals surface area contributed by atoms with Crippen molar-refractivity contribution in [3.63, 3.8) is 0 Å². The quantitative estimate of drug-likeness (QED) is 0.694. The number of hydrogen-bond donors (Lipinski definition) is 1. The Morgan fingerprint density at radius 2 is 2.43 bits per heavy atom. The fourth-order valence-corrected chi connectivity index (χ4v) is 0.804. The first-order chi connectivity index (χ1) is 6.63. The van der Waals surface area contributed by atoms with Gasteiger partial charge in [0.05, 0.1) is 0 Å². The van der Waals surface area contributed by atoms with Gasteiger partial charge in [0.25, 0.3) is 0 Å². The van der Waals surface area contributed by atoms with Crippen molar-refractivity contribution in [2.24, 2.45) is 5.73 Å². The Morgan fingerprint density at radius 3 is 2.93 bits per heavy atom. The second-order valence-electron chi connectivity index (χ2n) is 2.45. The predicted molar refractivity (Wildman–Crippen MR) is 47.1 cm³/mol. The predicted octanol–water partition coefficient (Wildman–Crippen LogP) is 0.591. The lowest BCUT2D eigenvalue weighted by Crippen LogP contribution is -2.05. The molecule has 1 rings (SSSR count). The topological polar surface area (TPSA) is 79.8 Å². The maximum atomic E-state index is 12.9. The SMILES string of the molecule is N#Cc1ncc(C=CC(N)=O)cc1F. The molecule has 0 unspecified atom stereocenters. The highest BCUT2D eigenvalue weighted by Gasteiger charge is 2.01. The number of pyridine rings is 1. The van der Waals surface area contributed by atoms with Crippen molar-refractivity contribution in [3.05, 3.63) is 35.4 Å². The van der Waals surface area contributed by atoms with E-state index in [9.17, 15) is 9.18 Å². The smallest absolute Gasteiger partial charge is 0.241 e. The van der Waals surface area contributed by atoms with Crippen LogP contribution in [0.15, 0.2) is 18.3 Å². The van der Waals surface area contributed by atoms with E-state index in [1.807, 2.05) is 0 Å². The van der Waals surface area contributed by atoms with E-state index < -0.39 is 11.7 Å². The zero-order valence-corrected chi connectivity index (χ0v) is 7.07. The summed E-state index contributed by atoms with van der Waals surface area (Å²) in [5.74, 6) is -1.35. The lowest BCUT2D eigenvalue weighted by atomic mass is 10.2. The third-order valence-electron chi connectivity index (χ3n) is 1.41. The third kappa shape index (κ3) is 2.38. The van der Waals surface area contributed by atoms with Crippen molar-refractivity contribution in [2.75, 3.05) is 0 Å². The van der Waals surface area contributed by atoms with Crippen LogP contribution in [0.4, 0.5) is 4.39 Å². The minimum Gasteiger partial charge on any atom is -0.366 e. The van der Waals surface area contributed by atoms with Gasteiger partial charge in [-0.05, 0) is 17.7 Å². The number of carbonyl (C=O) groups is 1. The van der Waals surface area contributed by atoms with Gasteiger partial charge in [0.15, 0.2) is 11.5 Å². The number of rotatable bonds is 2. The van der Waals surface area contributed by atoms with E-state index in [2.05, 4.69) is 4.98 Å². The molecule has 70 valence electrons. The number of nitriles is 1. The van der Waals surface area contributed by atoms with Gasteiger partial charge >= 0.3 is 0 Å². The summed E-state index contributed by atoms with van der Waals surface area (Å²) in [7, 11) is 0. The number of primary amides is 1. The Morgan fingerprint density at radius 1 is 1.71 bits per heavy atom. The van der Waals surface area contributed by atoms with E-state index in [1.54, 1.807) is 6.07 Å². The van der Waals surface area contributed by atoms with Gasteiger partial charge in [0.1, 0.15) is 6.07 Å². The molecular formula is C9H6FN3O. The van der Waals surface area contributed by atoms with Gasteiger partial charge in [-0.25, -0.2) is 9.37 Å². The van der Waals surface area contributed by atoms with Crippen LogP contribution in [0, 0.1) is 17.1 Å². The Labute approximate surface area is 79.5 Å². The molecular weight excluding hydrogens is 185 g/mol. The molecule has 0 saturated carbocycles. The molecule has 0 bridgehead atoms. The molecule has 0 aromatic carbocycles. The molecule has 0 spiro atoms. The molecule has 0 radical (unpaired) electrons. The molecule has 0 aliphatic rings. The summed E-state index contributed by atoms with van der Waals surface area (Å²) in [4.78, 5) is 13.9. The van der Waals surface area contributed by atoms with Crippen LogP contribution in [-0.2, 0) is 4.79 Å². The van der Waals surface area contributed by atoms with Crippen LogP contribution in [0.1, 0.15) is 11.3 Å². The fraction of sp³-hybridized carbons (Fsp3) is 0. The van der Waals surface area contributed by atoms with Gasteiger partial charge in [0.2, 0.25) is 5.91 Å². The van der Waals surface area contributed by atoms with Gasteiger partial charge in [-0.15, -0.1) is 0 Å². The lowest BCUT2D eigenvalue weighted by molar-refractivity contribution is -0.113. The summed E-state index contributed by atoms with van der Waals surface area (Å²) in [5.41, 5.74) is 4.94. The van der Waals surface area contributed by atoms with Crippen molar-refractivity contribution >= 4 is 12.0 Å². The van der Waals surface area contributed by atoms with Gasteiger partial charge < -0.3 is 5.73 Å². The molecule has 1 amide bonds. The second kappa shape index (κ2) is 4.14. The van der Waals surface area contributed by atoms with Gasteiger partial charge in [0, 0.05) is 12.3 Å². The Kier molecular flexibility index (Phi) is 2.92. The summed E-state index contributed by atoms with van der Waals surface area (Å²) in [6.07, 6.45) is 3.68. The van der Waals surface area contributed by atoms with Gasteiger partial charge in [-0.3, -0.25) is 4.79 Å². The first-order valence-electron chi connectivity index (χ1n) is 3.66. The highest BCUT2D eigenvalue weighted by molar-refractivity contribution is 5.90. The van der Waals surface area contributed by atoms with Crippen LogP contribution in [0.25, 0.3) is 6.08 Å². The minimum atomic E-state index is -0.723. The van der Waals surface area contributed by atoms with Crippen LogP contribution < -0.4 is 5.73 Å². The number of hydrogen-bond acceptors (Lipinski definition) is 3. The lowest BCUT2D eigenvalue weighted by Gasteiger charge is -1.94. The maximum absolute atomic E-state index is 12.9. The number of nitrogens with two attached hydrogens (primary N) is 1. The van der Waals surface area contributed by atoms with E-state index >= 15 is 0 Å². The van der Waals surface area contributed by atoms with E-state index in [0.717, 1.165) is 12.1 Å². The molecule has 1 aromatic heterocycles. The molecule has 0 aliphatic carbocycles. The second-order valence-corrected chi connectivity index (χ2v) is 2.45. The number of nitrogens with zero attached hydrogens (tertiary/aromatic N) is 2. The Bertz CT molecular complexity index is 434. The highest BCUT2D eigenvalue weighted by Crippen LogP contribution is 2.07.